The molecule has 3 heteroatoms. The molecule has 0 radical (unpaired) electrons. The van der Waals surface area contributed by atoms with Crippen LogP contribution in [0.2, 0.25) is 0 Å². The maximum atomic E-state index is 9.97. The Labute approximate surface area is 115 Å². The molecule has 0 spiro atoms. The molecule has 2 rings (SSSR count). The van der Waals surface area contributed by atoms with E-state index in [1.807, 2.05) is 44.2 Å². The van der Waals surface area contributed by atoms with Crippen LogP contribution in [0.15, 0.2) is 30.3 Å². The topological polar surface area (TPSA) is 56.0 Å². The Morgan fingerprint density at radius 1 is 1.42 bits per heavy atom. The third-order valence-electron chi connectivity index (χ3n) is 4.26. The van der Waals surface area contributed by atoms with Gasteiger partial charge in [0.1, 0.15) is 0 Å². The molecular formula is C16H22N2O. The molecule has 0 amide bonds. The summed E-state index contributed by atoms with van der Waals surface area (Å²) in [6, 6.07) is 12.8. The van der Waals surface area contributed by atoms with Crippen molar-refractivity contribution in [2.45, 2.75) is 50.2 Å². The highest BCUT2D eigenvalue weighted by Gasteiger charge is 2.46. The molecule has 1 aromatic rings. The third-order valence-corrected chi connectivity index (χ3v) is 4.26. The zero-order valence-electron chi connectivity index (χ0n) is 11.7. The van der Waals surface area contributed by atoms with Gasteiger partial charge < -0.3 is 10.4 Å². The molecule has 1 atom stereocenters. The monoisotopic (exact) mass is 258 g/mol. The van der Waals surface area contributed by atoms with E-state index in [0.29, 0.717) is 12.6 Å². The molecule has 1 saturated carbocycles. The second-order valence-corrected chi connectivity index (χ2v) is 5.90. The van der Waals surface area contributed by atoms with Crippen LogP contribution in [0.5, 0.6) is 0 Å². The molecule has 1 aliphatic carbocycles. The normalized spacial score (nSPS) is 29.1. The van der Waals surface area contributed by atoms with E-state index in [0.717, 1.165) is 24.8 Å². The van der Waals surface area contributed by atoms with Crippen molar-refractivity contribution >= 4 is 0 Å². The summed E-state index contributed by atoms with van der Waals surface area (Å²) in [6.45, 7) is 4.41. The summed E-state index contributed by atoms with van der Waals surface area (Å²) < 4.78 is 0. The summed E-state index contributed by atoms with van der Waals surface area (Å²) in [5.41, 5.74) is 0.118. The first kappa shape index (κ1) is 14.0. The summed E-state index contributed by atoms with van der Waals surface area (Å²) in [7, 11) is 0. The summed E-state index contributed by atoms with van der Waals surface area (Å²) in [6.07, 6.45) is 2.38. The lowest BCUT2D eigenvalue weighted by Crippen LogP contribution is -2.54. The Balaban J connectivity index is 1.92. The van der Waals surface area contributed by atoms with E-state index in [4.69, 9.17) is 0 Å². The molecular weight excluding hydrogens is 236 g/mol. The highest BCUT2D eigenvalue weighted by Crippen LogP contribution is 2.43. The standard InChI is InChI=1S/C16H22N2O/c1-3-15(2,19)12-18-14-9-16(10-14,11-17)13-7-5-4-6-8-13/h4-8,14,18-19H,3,9-10,12H2,1-2H3. The van der Waals surface area contributed by atoms with Crippen molar-refractivity contribution in [1.82, 2.24) is 5.32 Å². The van der Waals surface area contributed by atoms with E-state index in [9.17, 15) is 10.4 Å². The predicted molar refractivity (Wildman–Crippen MR) is 75.7 cm³/mol. The van der Waals surface area contributed by atoms with E-state index >= 15 is 0 Å². The zero-order chi connectivity index (χ0) is 13.9. The van der Waals surface area contributed by atoms with Crippen molar-refractivity contribution in [1.29, 1.82) is 5.26 Å². The number of nitriles is 1. The van der Waals surface area contributed by atoms with Gasteiger partial charge in [0.2, 0.25) is 0 Å². The second-order valence-electron chi connectivity index (χ2n) is 5.90. The van der Waals surface area contributed by atoms with Gasteiger partial charge >= 0.3 is 0 Å². The molecule has 0 aromatic heterocycles. The molecule has 2 N–H and O–H groups in total. The van der Waals surface area contributed by atoms with Crippen LogP contribution in [0, 0.1) is 11.3 Å². The van der Waals surface area contributed by atoms with Gasteiger partial charge in [-0.1, -0.05) is 37.3 Å². The van der Waals surface area contributed by atoms with Gasteiger partial charge in [0.25, 0.3) is 0 Å². The molecule has 19 heavy (non-hydrogen) atoms. The molecule has 0 aliphatic heterocycles. The first-order chi connectivity index (χ1) is 9.01. The average molecular weight is 258 g/mol. The fraction of sp³-hybridized carbons (Fsp3) is 0.562. The van der Waals surface area contributed by atoms with E-state index in [1.165, 1.54) is 0 Å². The van der Waals surface area contributed by atoms with Crippen LogP contribution in [0.25, 0.3) is 0 Å². The SMILES string of the molecule is CCC(C)(O)CNC1CC(C#N)(c2ccccc2)C1. The lowest BCUT2D eigenvalue weighted by Gasteiger charge is -2.44. The van der Waals surface area contributed by atoms with E-state index in [-0.39, 0.29) is 5.41 Å². The zero-order valence-corrected chi connectivity index (χ0v) is 11.7. The van der Waals surface area contributed by atoms with Crippen LogP contribution in [0.3, 0.4) is 0 Å². The molecule has 1 unspecified atom stereocenters. The van der Waals surface area contributed by atoms with Gasteiger partial charge in [-0.25, -0.2) is 0 Å². The minimum Gasteiger partial charge on any atom is -0.389 e. The molecule has 3 nitrogen and oxygen atoms in total. The number of aliphatic hydroxyl groups is 1. The van der Waals surface area contributed by atoms with Crippen LogP contribution in [-0.4, -0.2) is 23.3 Å². The number of nitrogens with one attached hydrogen (secondary N) is 1. The van der Waals surface area contributed by atoms with Gasteiger partial charge in [0.05, 0.1) is 17.1 Å². The lowest BCUT2D eigenvalue weighted by molar-refractivity contribution is 0.0458. The smallest absolute Gasteiger partial charge is 0.0852 e. The molecule has 102 valence electrons. The third kappa shape index (κ3) is 2.97. The number of rotatable bonds is 5. The van der Waals surface area contributed by atoms with Crippen molar-refractivity contribution in [3.05, 3.63) is 35.9 Å². The first-order valence-electron chi connectivity index (χ1n) is 6.94. The Bertz CT molecular complexity index is 455. The second kappa shape index (κ2) is 5.32. The van der Waals surface area contributed by atoms with Crippen molar-refractivity contribution in [3.8, 4) is 6.07 Å². The average Bonchev–Trinajstić information content (AvgIpc) is 2.39. The number of benzene rings is 1. The lowest BCUT2D eigenvalue weighted by atomic mass is 9.62. The summed E-state index contributed by atoms with van der Waals surface area (Å²) in [4.78, 5) is 0. The maximum absolute atomic E-state index is 9.97. The fourth-order valence-corrected chi connectivity index (χ4v) is 2.56. The molecule has 1 aromatic carbocycles. The number of nitrogens with zero attached hydrogens (tertiary/aromatic N) is 1. The van der Waals surface area contributed by atoms with Crippen molar-refractivity contribution in [3.63, 3.8) is 0 Å². The van der Waals surface area contributed by atoms with E-state index in [1.54, 1.807) is 0 Å². The van der Waals surface area contributed by atoms with Gasteiger partial charge in [-0.05, 0) is 31.7 Å². The molecule has 0 bridgehead atoms. The number of hydrogen-bond donors (Lipinski definition) is 2. The Morgan fingerprint density at radius 3 is 2.58 bits per heavy atom. The van der Waals surface area contributed by atoms with Crippen LogP contribution < -0.4 is 5.32 Å². The van der Waals surface area contributed by atoms with E-state index < -0.39 is 5.60 Å². The van der Waals surface area contributed by atoms with Gasteiger partial charge in [0.15, 0.2) is 0 Å². The largest absolute Gasteiger partial charge is 0.389 e. The predicted octanol–water partition coefficient (Wildman–Crippen LogP) is 2.36. The Hall–Kier alpha value is -1.37. The van der Waals surface area contributed by atoms with Crippen LogP contribution in [-0.2, 0) is 5.41 Å². The van der Waals surface area contributed by atoms with Crippen LogP contribution in [0.1, 0.15) is 38.7 Å². The molecule has 0 saturated heterocycles. The van der Waals surface area contributed by atoms with Crippen LogP contribution >= 0.6 is 0 Å². The van der Waals surface area contributed by atoms with Crippen molar-refractivity contribution in [2.24, 2.45) is 0 Å². The van der Waals surface area contributed by atoms with Gasteiger partial charge in [-0.3, -0.25) is 0 Å². The molecule has 1 fully saturated rings. The fourth-order valence-electron chi connectivity index (χ4n) is 2.56. The Kier molecular flexibility index (Phi) is 3.93. The summed E-state index contributed by atoms with van der Waals surface area (Å²) in [5, 5.41) is 22.8. The van der Waals surface area contributed by atoms with Gasteiger partial charge in [-0.15, -0.1) is 0 Å². The van der Waals surface area contributed by atoms with Crippen LogP contribution in [0.4, 0.5) is 0 Å². The molecule has 0 heterocycles. The van der Waals surface area contributed by atoms with Gasteiger partial charge in [-0.2, -0.15) is 5.26 Å². The Morgan fingerprint density at radius 2 is 2.05 bits per heavy atom. The van der Waals surface area contributed by atoms with Crippen molar-refractivity contribution < 1.29 is 5.11 Å². The quantitative estimate of drug-likeness (QED) is 0.852. The summed E-state index contributed by atoms with van der Waals surface area (Å²) >= 11 is 0. The highest BCUT2D eigenvalue weighted by molar-refractivity contribution is 5.36. The minimum absolute atomic E-state index is 0.331. The maximum Gasteiger partial charge on any atom is 0.0852 e. The minimum atomic E-state index is -0.655. The number of hydrogen-bond acceptors (Lipinski definition) is 3. The van der Waals surface area contributed by atoms with Gasteiger partial charge in [0, 0.05) is 12.6 Å². The highest BCUT2D eigenvalue weighted by atomic mass is 16.3. The first-order valence-corrected chi connectivity index (χ1v) is 6.94. The summed E-state index contributed by atoms with van der Waals surface area (Å²) in [5.74, 6) is 0. The molecule has 1 aliphatic rings. The van der Waals surface area contributed by atoms with E-state index in [2.05, 4.69) is 11.4 Å². The van der Waals surface area contributed by atoms with Crippen molar-refractivity contribution in [2.75, 3.05) is 6.54 Å².